The number of benzene rings is 1. The molecule has 0 fully saturated rings. The second kappa shape index (κ2) is 5.82. The van der Waals surface area contributed by atoms with Crippen LogP contribution in [0.1, 0.15) is 28.8 Å². The predicted molar refractivity (Wildman–Crippen MR) is 61.7 cm³/mol. The van der Waals surface area contributed by atoms with Crippen LogP contribution in [0, 0.1) is 19.3 Å². The third-order valence-electron chi connectivity index (χ3n) is 2.24. The van der Waals surface area contributed by atoms with Gasteiger partial charge in [0.15, 0.2) is 0 Å². The van der Waals surface area contributed by atoms with Gasteiger partial charge >= 0.3 is 5.97 Å². The second-order valence-corrected chi connectivity index (χ2v) is 3.39. The Kier molecular flexibility index (Phi) is 4.41. The summed E-state index contributed by atoms with van der Waals surface area (Å²) in [5.41, 5.74) is 0.921. The highest BCUT2D eigenvalue weighted by molar-refractivity contribution is 5.90. The average molecular weight is 218 g/mol. The standard InChI is InChI=1S/C13H14O3/c1-3-4-5-9-16-12-8-6-7-11(10(12)2)13(14)15/h1,6-8H,4-5,9H2,2H3,(H,14,15). The fourth-order valence-electron chi connectivity index (χ4n) is 1.36. The normalized spacial score (nSPS) is 9.50. The van der Waals surface area contributed by atoms with E-state index in [1.165, 1.54) is 0 Å². The van der Waals surface area contributed by atoms with Gasteiger partial charge in [-0.1, -0.05) is 6.07 Å². The Balaban J connectivity index is 2.70. The Morgan fingerprint density at radius 3 is 2.94 bits per heavy atom. The molecule has 84 valence electrons. The zero-order chi connectivity index (χ0) is 12.0. The number of hydrogen-bond acceptors (Lipinski definition) is 2. The molecule has 0 atom stereocenters. The molecule has 0 aliphatic carbocycles. The zero-order valence-corrected chi connectivity index (χ0v) is 9.19. The van der Waals surface area contributed by atoms with Crippen LogP contribution in [0.3, 0.4) is 0 Å². The fourth-order valence-corrected chi connectivity index (χ4v) is 1.36. The highest BCUT2D eigenvalue weighted by Gasteiger charge is 2.10. The van der Waals surface area contributed by atoms with Crippen LogP contribution in [-0.4, -0.2) is 17.7 Å². The molecular formula is C13H14O3. The number of terminal acetylenes is 1. The molecule has 3 heteroatoms. The van der Waals surface area contributed by atoms with Crippen molar-refractivity contribution in [1.82, 2.24) is 0 Å². The van der Waals surface area contributed by atoms with E-state index < -0.39 is 5.97 Å². The minimum atomic E-state index is -0.938. The van der Waals surface area contributed by atoms with Crippen molar-refractivity contribution in [3.63, 3.8) is 0 Å². The van der Waals surface area contributed by atoms with Gasteiger partial charge in [0.2, 0.25) is 0 Å². The molecular weight excluding hydrogens is 204 g/mol. The van der Waals surface area contributed by atoms with Gasteiger partial charge in [0.25, 0.3) is 0 Å². The minimum Gasteiger partial charge on any atom is -0.493 e. The van der Waals surface area contributed by atoms with Gasteiger partial charge in [0.05, 0.1) is 12.2 Å². The van der Waals surface area contributed by atoms with E-state index in [1.807, 2.05) is 0 Å². The number of unbranched alkanes of at least 4 members (excludes halogenated alkanes) is 1. The van der Waals surface area contributed by atoms with E-state index in [9.17, 15) is 4.79 Å². The summed E-state index contributed by atoms with van der Waals surface area (Å²) < 4.78 is 5.47. The van der Waals surface area contributed by atoms with Gasteiger partial charge in [-0.2, -0.15) is 0 Å². The number of aromatic carboxylic acids is 1. The molecule has 1 N–H and O–H groups in total. The lowest BCUT2D eigenvalue weighted by molar-refractivity contribution is 0.0695. The molecule has 0 radical (unpaired) electrons. The quantitative estimate of drug-likeness (QED) is 0.610. The smallest absolute Gasteiger partial charge is 0.336 e. The first-order valence-electron chi connectivity index (χ1n) is 5.06. The summed E-state index contributed by atoms with van der Waals surface area (Å²) in [7, 11) is 0. The lowest BCUT2D eigenvalue weighted by atomic mass is 10.1. The number of rotatable bonds is 5. The molecule has 3 nitrogen and oxygen atoms in total. The summed E-state index contributed by atoms with van der Waals surface area (Å²) in [6, 6.07) is 5.00. The van der Waals surface area contributed by atoms with Gasteiger partial charge < -0.3 is 9.84 Å². The molecule has 0 spiro atoms. The molecule has 0 saturated heterocycles. The van der Waals surface area contributed by atoms with Crippen molar-refractivity contribution < 1.29 is 14.6 Å². The van der Waals surface area contributed by atoms with Crippen LogP contribution in [0.5, 0.6) is 5.75 Å². The lowest BCUT2D eigenvalue weighted by Gasteiger charge is -2.09. The van der Waals surface area contributed by atoms with Crippen LogP contribution < -0.4 is 4.74 Å². The summed E-state index contributed by atoms with van der Waals surface area (Å²) in [5.74, 6) is 2.19. The molecule has 0 aliphatic heterocycles. The molecule has 1 aromatic carbocycles. The van der Waals surface area contributed by atoms with Gasteiger partial charge in [-0.25, -0.2) is 4.79 Å². The van der Waals surface area contributed by atoms with Crippen LogP contribution in [0.15, 0.2) is 18.2 Å². The zero-order valence-electron chi connectivity index (χ0n) is 9.19. The number of carboxylic acids is 1. The average Bonchev–Trinajstić information content (AvgIpc) is 2.26. The van der Waals surface area contributed by atoms with Crippen molar-refractivity contribution in [2.45, 2.75) is 19.8 Å². The van der Waals surface area contributed by atoms with Gasteiger partial charge in [0.1, 0.15) is 5.75 Å². The van der Waals surface area contributed by atoms with E-state index in [1.54, 1.807) is 25.1 Å². The summed E-state index contributed by atoms with van der Waals surface area (Å²) >= 11 is 0. The van der Waals surface area contributed by atoms with Crippen LogP contribution >= 0.6 is 0 Å². The summed E-state index contributed by atoms with van der Waals surface area (Å²) in [6.45, 7) is 2.24. The van der Waals surface area contributed by atoms with E-state index in [-0.39, 0.29) is 5.56 Å². The third kappa shape index (κ3) is 3.03. The first kappa shape index (κ1) is 12.1. The lowest BCUT2D eigenvalue weighted by Crippen LogP contribution is -2.04. The van der Waals surface area contributed by atoms with E-state index in [4.69, 9.17) is 16.3 Å². The van der Waals surface area contributed by atoms with E-state index in [2.05, 4.69) is 5.92 Å². The molecule has 0 aliphatic rings. The first-order valence-corrected chi connectivity index (χ1v) is 5.06. The third-order valence-corrected chi connectivity index (χ3v) is 2.24. The molecule has 0 aromatic heterocycles. The molecule has 16 heavy (non-hydrogen) atoms. The van der Waals surface area contributed by atoms with E-state index >= 15 is 0 Å². The maximum Gasteiger partial charge on any atom is 0.336 e. The van der Waals surface area contributed by atoms with E-state index in [0.29, 0.717) is 24.3 Å². The maximum absolute atomic E-state index is 10.9. The number of carbonyl (C=O) groups is 1. The van der Waals surface area contributed by atoms with E-state index in [0.717, 1.165) is 6.42 Å². The van der Waals surface area contributed by atoms with Crippen molar-refractivity contribution in [3.8, 4) is 18.1 Å². The predicted octanol–water partition coefficient (Wildman–Crippen LogP) is 2.49. The second-order valence-electron chi connectivity index (χ2n) is 3.39. The van der Waals surface area contributed by atoms with Crippen molar-refractivity contribution >= 4 is 5.97 Å². The Morgan fingerprint density at radius 1 is 1.56 bits per heavy atom. The van der Waals surface area contributed by atoms with Crippen molar-refractivity contribution in [3.05, 3.63) is 29.3 Å². The van der Waals surface area contributed by atoms with Crippen LogP contribution in [0.4, 0.5) is 0 Å². The van der Waals surface area contributed by atoms with Gasteiger partial charge in [-0.3, -0.25) is 0 Å². The van der Waals surface area contributed by atoms with Gasteiger partial charge in [-0.15, -0.1) is 12.3 Å². The summed E-state index contributed by atoms with van der Waals surface area (Å²) in [5, 5.41) is 8.92. The largest absolute Gasteiger partial charge is 0.493 e. The van der Waals surface area contributed by atoms with Crippen LogP contribution in [0.25, 0.3) is 0 Å². The number of hydrogen-bond donors (Lipinski definition) is 1. The maximum atomic E-state index is 10.9. The highest BCUT2D eigenvalue weighted by atomic mass is 16.5. The Hall–Kier alpha value is -1.95. The van der Waals surface area contributed by atoms with Crippen molar-refractivity contribution in [1.29, 1.82) is 0 Å². The Bertz CT molecular complexity index is 416. The molecule has 1 aromatic rings. The summed E-state index contributed by atoms with van der Waals surface area (Å²) in [6.07, 6.45) is 6.55. The molecule has 0 amide bonds. The highest BCUT2D eigenvalue weighted by Crippen LogP contribution is 2.21. The topological polar surface area (TPSA) is 46.5 Å². The molecule has 1 rings (SSSR count). The summed E-state index contributed by atoms with van der Waals surface area (Å²) in [4.78, 5) is 10.9. The molecule has 0 heterocycles. The molecule has 0 bridgehead atoms. The van der Waals surface area contributed by atoms with Gasteiger partial charge in [0, 0.05) is 12.0 Å². The van der Waals surface area contributed by atoms with Gasteiger partial charge in [-0.05, 0) is 25.5 Å². The van der Waals surface area contributed by atoms with Crippen LogP contribution in [0.2, 0.25) is 0 Å². The molecule has 0 saturated carbocycles. The first-order chi connectivity index (χ1) is 7.66. The monoisotopic (exact) mass is 218 g/mol. The molecule has 0 unspecified atom stereocenters. The Morgan fingerprint density at radius 2 is 2.31 bits per heavy atom. The number of carboxylic acid groups (broad SMARTS) is 1. The van der Waals surface area contributed by atoms with Crippen LogP contribution in [-0.2, 0) is 0 Å². The van der Waals surface area contributed by atoms with Crippen molar-refractivity contribution in [2.24, 2.45) is 0 Å². The SMILES string of the molecule is C#CCCCOc1cccc(C(=O)O)c1C. The van der Waals surface area contributed by atoms with Crippen molar-refractivity contribution in [2.75, 3.05) is 6.61 Å². The number of ether oxygens (including phenoxy) is 1. The Labute approximate surface area is 95.1 Å². The minimum absolute atomic E-state index is 0.273. The fraction of sp³-hybridized carbons (Fsp3) is 0.308.